The molecule has 2 fully saturated rings. The summed E-state index contributed by atoms with van der Waals surface area (Å²) in [6.07, 6.45) is 2.45. The van der Waals surface area contributed by atoms with Crippen LogP contribution in [0.4, 0.5) is 4.79 Å². The predicted octanol–water partition coefficient (Wildman–Crippen LogP) is 2.12. The average molecular weight is 481 g/mol. The first-order valence-corrected chi connectivity index (χ1v) is 9.60. The van der Waals surface area contributed by atoms with Gasteiger partial charge in [-0.05, 0) is 46.5 Å². The van der Waals surface area contributed by atoms with Gasteiger partial charge in [-0.25, -0.2) is 4.79 Å². The second kappa shape index (κ2) is 11.2. The number of aliphatic imine (C=N–C) groups is 1. The summed E-state index contributed by atoms with van der Waals surface area (Å²) < 4.78 is 5.44. The Hall–Kier alpha value is -0.770. The van der Waals surface area contributed by atoms with Crippen LogP contribution in [0.3, 0.4) is 0 Å². The fourth-order valence-corrected chi connectivity index (χ4v) is 2.68. The average Bonchev–Trinajstić information content (AvgIpc) is 3.36. The molecule has 1 saturated heterocycles. The zero-order chi connectivity index (χ0) is 18.3. The van der Waals surface area contributed by atoms with Crippen LogP contribution >= 0.6 is 24.0 Å². The minimum absolute atomic E-state index is 0. The molecule has 0 aromatic heterocycles. The van der Waals surface area contributed by atoms with Crippen molar-refractivity contribution in [3.8, 4) is 0 Å². The number of hydrogen-bond acceptors (Lipinski definition) is 4. The molecule has 1 amide bonds. The Morgan fingerprint density at radius 2 is 1.81 bits per heavy atom. The van der Waals surface area contributed by atoms with Gasteiger partial charge in [-0.3, -0.25) is 9.89 Å². The first-order chi connectivity index (χ1) is 11.9. The SMILES string of the molecule is CCNC(=NCC1CC1)NCCN1CCN(C(=O)OC(C)(C)C)CC1.I. The summed E-state index contributed by atoms with van der Waals surface area (Å²) in [6, 6.07) is 0. The zero-order valence-corrected chi connectivity index (χ0v) is 19.0. The van der Waals surface area contributed by atoms with Gasteiger partial charge in [0.1, 0.15) is 5.60 Å². The maximum absolute atomic E-state index is 12.1. The van der Waals surface area contributed by atoms with Crippen LogP contribution in [0, 0.1) is 5.92 Å². The lowest BCUT2D eigenvalue weighted by Crippen LogP contribution is -2.51. The number of piperazine rings is 1. The highest BCUT2D eigenvalue weighted by Crippen LogP contribution is 2.28. The van der Waals surface area contributed by atoms with Crippen LogP contribution in [0.5, 0.6) is 0 Å². The molecular weight excluding hydrogens is 445 g/mol. The van der Waals surface area contributed by atoms with E-state index in [4.69, 9.17) is 4.74 Å². The molecule has 0 bridgehead atoms. The van der Waals surface area contributed by atoms with Crippen molar-refractivity contribution in [2.24, 2.45) is 10.9 Å². The van der Waals surface area contributed by atoms with Gasteiger partial charge < -0.3 is 20.3 Å². The smallest absolute Gasteiger partial charge is 0.410 e. The molecule has 1 aliphatic carbocycles. The first kappa shape index (κ1) is 23.3. The number of rotatable bonds is 6. The molecule has 152 valence electrons. The molecule has 0 radical (unpaired) electrons. The third kappa shape index (κ3) is 9.25. The van der Waals surface area contributed by atoms with Gasteiger partial charge in [0.15, 0.2) is 5.96 Å². The molecule has 2 aliphatic rings. The third-order valence-corrected chi connectivity index (χ3v) is 4.29. The highest BCUT2D eigenvalue weighted by Gasteiger charge is 2.25. The number of hydrogen-bond donors (Lipinski definition) is 2. The number of nitrogens with one attached hydrogen (secondary N) is 2. The summed E-state index contributed by atoms with van der Waals surface area (Å²) in [6.45, 7) is 14.7. The number of halogens is 1. The second-order valence-corrected chi connectivity index (χ2v) is 7.90. The Labute approximate surface area is 175 Å². The molecular formula is C18H36IN5O2. The summed E-state index contributed by atoms with van der Waals surface area (Å²) in [5, 5.41) is 6.71. The van der Waals surface area contributed by atoms with Crippen LogP contribution in [0.1, 0.15) is 40.5 Å². The molecule has 1 saturated carbocycles. The molecule has 2 rings (SSSR count). The van der Waals surface area contributed by atoms with Crippen LogP contribution in [0.25, 0.3) is 0 Å². The molecule has 1 heterocycles. The van der Waals surface area contributed by atoms with Crippen molar-refractivity contribution < 1.29 is 9.53 Å². The summed E-state index contributed by atoms with van der Waals surface area (Å²) >= 11 is 0. The predicted molar refractivity (Wildman–Crippen MR) is 116 cm³/mol. The van der Waals surface area contributed by atoms with E-state index >= 15 is 0 Å². The van der Waals surface area contributed by atoms with Gasteiger partial charge in [0.05, 0.1) is 0 Å². The number of ether oxygens (including phenoxy) is 1. The van der Waals surface area contributed by atoms with E-state index in [-0.39, 0.29) is 30.1 Å². The maximum Gasteiger partial charge on any atom is 0.410 e. The lowest BCUT2D eigenvalue weighted by Gasteiger charge is -2.35. The number of guanidine groups is 1. The Morgan fingerprint density at radius 3 is 2.35 bits per heavy atom. The first-order valence-electron chi connectivity index (χ1n) is 9.60. The number of amides is 1. The van der Waals surface area contributed by atoms with Crippen molar-refractivity contribution in [3.05, 3.63) is 0 Å². The highest BCUT2D eigenvalue weighted by molar-refractivity contribution is 14.0. The quantitative estimate of drug-likeness (QED) is 0.346. The summed E-state index contributed by atoms with van der Waals surface area (Å²) in [5.74, 6) is 1.72. The minimum Gasteiger partial charge on any atom is -0.444 e. The van der Waals surface area contributed by atoms with Crippen molar-refractivity contribution in [1.82, 2.24) is 20.4 Å². The van der Waals surface area contributed by atoms with Gasteiger partial charge in [-0.15, -0.1) is 24.0 Å². The molecule has 0 unspecified atom stereocenters. The van der Waals surface area contributed by atoms with Gasteiger partial charge in [-0.1, -0.05) is 0 Å². The Balaban J connectivity index is 0.00000338. The fourth-order valence-electron chi connectivity index (χ4n) is 2.68. The highest BCUT2D eigenvalue weighted by atomic mass is 127. The van der Waals surface area contributed by atoms with Crippen molar-refractivity contribution in [2.75, 3.05) is 52.4 Å². The summed E-state index contributed by atoms with van der Waals surface area (Å²) in [4.78, 5) is 20.9. The number of carbonyl (C=O) groups excluding carboxylic acids is 1. The Kier molecular flexibility index (Phi) is 9.99. The van der Waals surface area contributed by atoms with Crippen LogP contribution < -0.4 is 10.6 Å². The van der Waals surface area contributed by atoms with E-state index in [1.54, 1.807) is 4.90 Å². The summed E-state index contributed by atoms with van der Waals surface area (Å²) in [5.41, 5.74) is -0.430. The fraction of sp³-hybridized carbons (Fsp3) is 0.889. The van der Waals surface area contributed by atoms with Gasteiger partial charge in [0.2, 0.25) is 0 Å². The lowest BCUT2D eigenvalue weighted by atomic mass is 10.2. The molecule has 0 aromatic carbocycles. The van der Waals surface area contributed by atoms with Gasteiger partial charge in [0, 0.05) is 52.4 Å². The minimum atomic E-state index is -0.430. The second-order valence-electron chi connectivity index (χ2n) is 7.90. The molecule has 7 nitrogen and oxygen atoms in total. The zero-order valence-electron chi connectivity index (χ0n) is 16.7. The van der Waals surface area contributed by atoms with Crippen LogP contribution in [0.2, 0.25) is 0 Å². The number of nitrogens with zero attached hydrogens (tertiary/aromatic N) is 3. The van der Waals surface area contributed by atoms with Crippen molar-refractivity contribution in [3.63, 3.8) is 0 Å². The molecule has 0 spiro atoms. The molecule has 8 heteroatoms. The van der Waals surface area contributed by atoms with E-state index in [2.05, 4.69) is 27.4 Å². The largest absolute Gasteiger partial charge is 0.444 e. The number of carbonyl (C=O) groups is 1. The molecule has 2 N–H and O–H groups in total. The van der Waals surface area contributed by atoms with Gasteiger partial charge in [0.25, 0.3) is 0 Å². The monoisotopic (exact) mass is 481 g/mol. The van der Waals surface area contributed by atoms with Crippen molar-refractivity contribution >= 4 is 36.0 Å². The van der Waals surface area contributed by atoms with E-state index in [1.807, 2.05) is 20.8 Å². The Morgan fingerprint density at radius 1 is 1.15 bits per heavy atom. The van der Waals surface area contributed by atoms with Crippen LogP contribution in [0.15, 0.2) is 4.99 Å². The van der Waals surface area contributed by atoms with Crippen LogP contribution in [-0.2, 0) is 4.74 Å². The van der Waals surface area contributed by atoms with Crippen molar-refractivity contribution in [1.29, 1.82) is 0 Å². The molecule has 0 atom stereocenters. The maximum atomic E-state index is 12.1. The standard InChI is InChI=1S/C18H35N5O2.HI/c1-5-19-16(21-14-15-6-7-15)20-8-9-22-10-12-23(13-11-22)17(24)25-18(2,3)4;/h15H,5-14H2,1-4H3,(H2,19,20,21);1H. The van der Waals surface area contributed by atoms with E-state index in [9.17, 15) is 4.79 Å². The van der Waals surface area contributed by atoms with Gasteiger partial charge in [-0.2, -0.15) is 0 Å². The molecule has 0 aromatic rings. The topological polar surface area (TPSA) is 69.2 Å². The summed E-state index contributed by atoms with van der Waals surface area (Å²) in [7, 11) is 0. The van der Waals surface area contributed by atoms with E-state index < -0.39 is 5.60 Å². The third-order valence-electron chi connectivity index (χ3n) is 4.29. The molecule has 26 heavy (non-hydrogen) atoms. The lowest BCUT2D eigenvalue weighted by molar-refractivity contribution is 0.0147. The van der Waals surface area contributed by atoms with E-state index in [1.165, 1.54) is 12.8 Å². The Bertz CT molecular complexity index is 455. The van der Waals surface area contributed by atoms with E-state index in [0.29, 0.717) is 0 Å². The van der Waals surface area contributed by atoms with E-state index in [0.717, 1.165) is 64.2 Å². The van der Waals surface area contributed by atoms with Crippen molar-refractivity contribution in [2.45, 2.75) is 46.1 Å². The van der Waals surface area contributed by atoms with Gasteiger partial charge >= 0.3 is 6.09 Å². The normalized spacial score (nSPS) is 18.9. The van der Waals surface area contributed by atoms with Crippen LogP contribution in [-0.4, -0.2) is 79.8 Å². The molecule has 1 aliphatic heterocycles.